The van der Waals surface area contributed by atoms with Gasteiger partial charge in [0.25, 0.3) is 0 Å². The average Bonchev–Trinajstić information content (AvgIpc) is 2.48. The largest absolute Gasteiger partial charge is 0.466 e. The maximum atomic E-state index is 11.5. The van der Waals surface area contributed by atoms with Crippen LogP contribution in [-0.2, 0) is 9.53 Å². The van der Waals surface area contributed by atoms with Gasteiger partial charge in [-0.05, 0) is 25.0 Å². The molecule has 0 spiro atoms. The van der Waals surface area contributed by atoms with Gasteiger partial charge in [0.05, 0.1) is 13.2 Å². The first-order chi connectivity index (χ1) is 9.64. The molecule has 0 atom stereocenters. The number of methoxy groups -OCH3 is 1. The first-order valence-electron chi connectivity index (χ1n) is 6.89. The fourth-order valence-corrected chi connectivity index (χ4v) is 2.42. The van der Waals surface area contributed by atoms with Gasteiger partial charge in [0.1, 0.15) is 17.1 Å². The molecule has 2 rings (SSSR count). The van der Waals surface area contributed by atoms with E-state index in [-0.39, 0.29) is 5.76 Å². The quantitative estimate of drug-likeness (QED) is 0.522. The number of carbonyl (C=O) groups excluding carboxylic acids is 1. The first-order valence-corrected chi connectivity index (χ1v) is 6.89. The Kier molecular flexibility index (Phi) is 4.79. The summed E-state index contributed by atoms with van der Waals surface area (Å²) >= 11 is 0. The molecule has 0 saturated heterocycles. The highest BCUT2D eigenvalue weighted by molar-refractivity contribution is 5.82. The summed E-state index contributed by atoms with van der Waals surface area (Å²) in [4.78, 5) is 11.5. The Morgan fingerprint density at radius 1 is 1.20 bits per heavy atom. The van der Waals surface area contributed by atoms with Gasteiger partial charge in [0.15, 0.2) is 0 Å². The molecule has 4 heteroatoms. The minimum Gasteiger partial charge on any atom is -0.466 e. The Morgan fingerprint density at radius 3 is 2.45 bits per heavy atom. The molecule has 20 heavy (non-hydrogen) atoms. The van der Waals surface area contributed by atoms with Crippen LogP contribution in [0.5, 0.6) is 5.75 Å². The van der Waals surface area contributed by atoms with Crippen molar-refractivity contribution in [2.24, 2.45) is 0 Å². The minimum atomic E-state index is -1.08. The molecule has 1 aliphatic carbocycles. The fourth-order valence-electron chi connectivity index (χ4n) is 2.42. The topological polar surface area (TPSA) is 55.8 Å². The summed E-state index contributed by atoms with van der Waals surface area (Å²) < 4.78 is 10.4. The van der Waals surface area contributed by atoms with Crippen molar-refractivity contribution in [3.63, 3.8) is 0 Å². The number of benzene rings is 1. The van der Waals surface area contributed by atoms with Crippen molar-refractivity contribution in [1.29, 1.82) is 0 Å². The van der Waals surface area contributed by atoms with Gasteiger partial charge in [-0.25, -0.2) is 4.79 Å². The van der Waals surface area contributed by atoms with Crippen LogP contribution in [0.3, 0.4) is 0 Å². The van der Waals surface area contributed by atoms with Crippen molar-refractivity contribution < 1.29 is 19.4 Å². The normalized spacial score (nSPS) is 18.4. The number of esters is 1. The molecule has 1 aliphatic rings. The highest BCUT2D eigenvalue weighted by Crippen LogP contribution is 2.35. The second kappa shape index (κ2) is 6.57. The van der Waals surface area contributed by atoms with Crippen LogP contribution >= 0.6 is 0 Å². The number of rotatable bonds is 4. The highest BCUT2D eigenvalue weighted by Gasteiger charge is 2.36. The maximum absolute atomic E-state index is 11.5. The van der Waals surface area contributed by atoms with Gasteiger partial charge in [-0.1, -0.05) is 37.5 Å². The summed E-state index contributed by atoms with van der Waals surface area (Å²) in [5, 5.41) is 10.7. The lowest BCUT2D eigenvalue weighted by Gasteiger charge is -2.33. The summed E-state index contributed by atoms with van der Waals surface area (Å²) in [6, 6.07) is 9.15. The molecule has 1 N–H and O–H groups in total. The van der Waals surface area contributed by atoms with Gasteiger partial charge < -0.3 is 14.6 Å². The Balaban J connectivity index is 2.25. The van der Waals surface area contributed by atoms with Gasteiger partial charge >= 0.3 is 5.97 Å². The molecule has 0 amide bonds. The molecule has 0 unspecified atom stereocenters. The van der Waals surface area contributed by atoms with Crippen molar-refractivity contribution in [3.8, 4) is 5.75 Å². The molecular formula is C16H20O4. The number of hydrogen-bond acceptors (Lipinski definition) is 4. The molecule has 4 nitrogen and oxygen atoms in total. The number of ether oxygens (including phenoxy) is 2. The second-order valence-electron chi connectivity index (χ2n) is 5.04. The summed E-state index contributed by atoms with van der Waals surface area (Å²) in [5.41, 5.74) is -1.08. The molecule has 1 fully saturated rings. The number of aliphatic hydroxyl groups is 1. The third kappa shape index (κ3) is 3.61. The van der Waals surface area contributed by atoms with Gasteiger partial charge in [0, 0.05) is 0 Å². The predicted octanol–water partition coefficient (Wildman–Crippen LogP) is 2.82. The van der Waals surface area contributed by atoms with Crippen LogP contribution < -0.4 is 4.74 Å². The molecule has 1 aromatic carbocycles. The van der Waals surface area contributed by atoms with E-state index in [1.807, 2.05) is 18.2 Å². The molecule has 0 radical (unpaired) electrons. The Labute approximate surface area is 119 Å². The van der Waals surface area contributed by atoms with Crippen LogP contribution in [0.2, 0.25) is 0 Å². The molecule has 0 bridgehead atoms. The zero-order valence-corrected chi connectivity index (χ0v) is 11.7. The van der Waals surface area contributed by atoms with Crippen molar-refractivity contribution in [2.75, 3.05) is 7.11 Å². The van der Waals surface area contributed by atoms with E-state index >= 15 is 0 Å². The lowest BCUT2D eigenvalue weighted by molar-refractivity contribution is -0.135. The number of hydrogen-bond donors (Lipinski definition) is 1. The minimum absolute atomic E-state index is 0.273. The van der Waals surface area contributed by atoms with E-state index in [0.29, 0.717) is 18.6 Å². The van der Waals surface area contributed by atoms with Crippen molar-refractivity contribution in [3.05, 3.63) is 42.2 Å². The van der Waals surface area contributed by atoms with E-state index in [4.69, 9.17) is 4.74 Å². The average molecular weight is 276 g/mol. The van der Waals surface area contributed by atoms with Gasteiger partial charge in [0.2, 0.25) is 0 Å². The molecule has 108 valence electrons. The second-order valence-corrected chi connectivity index (χ2v) is 5.04. The lowest BCUT2D eigenvalue weighted by atomic mass is 9.83. The smallest absolute Gasteiger partial charge is 0.334 e. The zero-order chi connectivity index (χ0) is 14.4. The van der Waals surface area contributed by atoms with Crippen LogP contribution in [-0.4, -0.2) is 23.8 Å². The third-order valence-corrected chi connectivity index (χ3v) is 3.56. The first kappa shape index (κ1) is 14.6. The van der Waals surface area contributed by atoms with Gasteiger partial charge in [-0.2, -0.15) is 0 Å². The summed E-state index contributed by atoms with van der Waals surface area (Å²) in [5.74, 6) is 0.354. The van der Waals surface area contributed by atoms with Crippen LogP contribution in [0.15, 0.2) is 42.2 Å². The Morgan fingerprint density at radius 2 is 1.85 bits per heavy atom. The zero-order valence-electron chi connectivity index (χ0n) is 11.7. The SMILES string of the molecule is COC(=O)/C=C(\Oc1ccccc1)C1(O)CCCCC1. The van der Waals surface area contributed by atoms with Crippen LogP contribution in [0.4, 0.5) is 0 Å². The highest BCUT2D eigenvalue weighted by atomic mass is 16.5. The van der Waals surface area contributed by atoms with Gasteiger partial charge in [-0.3, -0.25) is 0 Å². The van der Waals surface area contributed by atoms with E-state index in [1.165, 1.54) is 13.2 Å². The fraction of sp³-hybridized carbons (Fsp3) is 0.438. The molecule has 0 heterocycles. The molecule has 0 aromatic heterocycles. The van der Waals surface area contributed by atoms with Crippen molar-refractivity contribution in [2.45, 2.75) is 37.7 Å². The Bertz CT molecular complexity index is 473. The van der Waals surface area contributed by atoms with E-state index in [2.05, 4.69) is 4.74 Å². The summed E-state index contributed by atoms with van der Waals surface area (Å²) in [6.45, 7) is 0. The van der Waals surface area contributed by atoms with E-state index in [9.17, 15) is 9.90 Å². The number of para-hydroxylation sites is 1. The van der Waals surface area contributed by atoms with Crippen LogP contribution in [0, 0.1) is 0 Å². The van der Waals surface area contributed by atoms with Crippen LogP contribution in [0.1, 0.15) is 32.1 Å². The maximum Gasteiger partial charge on any atom is 0.334 e. The third-order valence-electron chi connectivity index (χ3n) is 3.56. The monoisotopic (exact) mass is 276 g/mol. The van der Waals surface area contributed by atoms with Crippen LogP contribution in [0.25, 0.3) is 0 Å². The molecular weight excluding hydrogens is 256 g/mol. The molecule has 1 saturated carbocycles. The van der Waals surface area contributed by atoms with E-state index in [0.717, 1.165) is 19.3 Å². The van der Waals surface area contributed by atoms with E-state index < -0.39 is 11.6 Å². The number of carbonyl (C=O) groups is 1. The summed E-state index contributed by atoms with van der Waals surface area (Å²) in [7, 11) is 1.31. The van der Waals surface area contributed by atoms with Crippen molar-refractivity contribution >= 4 is 5.97 Å². The molecule has 1 aromatic rings. The van der Waals surface area contributed by atoms with Gasteiger partial charge in [-0.15, -0.1) is 0 Å². The summed E-state index contributed by atoms with van der Waals surface area (Å²) in [6.07, 6.45) is 5.39. The van der Waals surface area contributed by atoms with Crippen molar-refractivity contribution in [1.82, 2.24) is 0 Å². The standard InChI is InChI=1S/C16H20O4/c1-19-15(17)12-14(16(18)10-6-3-7-11-16)20-13-8-4-2-5-9-13/h2,4-5,8-9,12,18H,3,6-7,10-11H2,1H3/b14-12-. The Hall–Kier alpha value is -1.81. The molecule has 0 aliphatic heterocycles. The lowest BCUT2D eigenvalue weighted by Crippen LogP contribution is -2.36. The van der Waals surface area contributed by atoms with E-state index in [1.54, 1.807) is 12.1 Å². The predicted molar refractivity (Wildman–Crippen MR) is 75.2 cm³/mol.